The lowest BCUT2D eigenvalue weighted by Crippen LogP contribution is -2.42. The van der Waals surface area contributed by atoms with Crippen LogP contribution in [-0.2, 0) is 4.74 Å². The number of hydrogen-bond donors (Lipinski definition) is 4. The zero-order valence-corrected chi connectivity index (χ0v) is 10.3. The molecule has 0 amide bonds. The molecule has 2 aliphatic heterocycles. The monoisotopic (exact) mass is 267 g/mol. The third kappa shape index (κ3) is 2.28. The van der Waals surface area contributed by atoms with E-state index >= 15 is 0 Å². The summed E-state index contributed by atoms with van der Waals surface area (Å²) in [5, 5.41) is 28.7. The average molecular weight is 267 g/mol. The van der Waals surface area contributed by atoms with E-state index in [-0.39, 0.29) is 11.7 Å². The Hall–Kier alpha value is -1.67. The van der Waals surface area contributed by atoms with Gasteiger partial charge in [0.05, 0.1) is 6.61 Å². The highest BCUT2D eigenvalue weighted by Gasteiger charge is 2.45. The number of rotatable bonds is 3. The predicted octanol–water partition coefficient (Wildman–Crippen LogP) is -1.36. The van der Waals surface area contributed by atoms with Crippen LogP contribution in [-0.4, -0.2) is 57.2 Å². The molecule has 0 aromatic carbocycles. The Morgan fingerprint density at radius 1 is 1.47 bits per heavy atom. The number of nitrogens with two attached hydrogens (primary N) is 1. The van der Waals surface area contributed by atoms with E-state index in [2.05, 4.69) is 18.2 Å². The summed E-state index contributed by atoms with van der Waals surface area (Å²) in [5.74, 6) is 0.543. The first-order chi connectivity index (χ1) is 8.99. The van der Waals surface area contributed by atoms with Crippen LogP contribution in [0.4, 0.5) is 0 Å². The Bertz CT molecular complexity index is 460. The minimum absolute atomic E-state index is 0.267. The molecular formula is C12H17N3O4. The molecule has 0 radical (unpaired) electrons. The van der Waals surface area contributed by atoms with Crippen molar-refractivity contribution < 1.29 is 20.1 Å². The van der Waals surface area contributed by atoms with Crippen LogP contribution < -0.4 is 5.73 Å². The van der Waals surface area contributed by atoms with E-state index in [9.17, 15) is 10.2 Å². The van der Waals surface area contributed by atoms with Gasteiger partial charge in [0.25, 0.3) is 0 Å². The van der Waals surface area contributed by atoms with Crippen molar-refractivity contribution in [3.63, 3.8) is 0 Å². The normalized spacial score (nSPS) is 35.1. The molecule has 0 aromatic heterocycles. The molecule has 2 aliphatic rings. The van der Waals surface area contributed by atoms with Gasteiger partial charge >= 0.3 is 0 Å². The first-order valence-electron chi connectivity index (χ1n) is 5.78. The van der Waals surface area contributed by atoms with Crippen molar-refractivity contribution in [1.82, 2.24) is 4.90 Å². The molecule has 104 valence electrons. The van der Waals surface area contributed by atoms with Gasteiger partial charge in [0, 0.05) is 11.8 Å². The van der Waals surface area contributed by atoms with Gasteiger partial charge in [-0.25, -0.2) is 4.99 Å². The molecule has 2 rings (SSSR count). The molecule has 19 heavy (non-hydrogen) atoms. The fourth-order valence-electron chi connectivity index (χ4n) is 2.04. The predicted molar refractivity (Wildman–Crippen MR) is 68.6 cm³/mol. The lowest BCUT2D eigenvalue weighted by molar-refractivity contribution is -0.0693. The van der Waals surface area contributed by atoms with Gasteiger partial charge in [0.2, 0.25) is 0 Å². The van der Waals surface area contributed by atoms with Crippen LogP contribution in [0, 0.1) is 0 Å². The van der Waals surface area contributed by atoms with E-state index in [0.29, 0.717) is 5.57 Å². The van der Waals surface area contributed by atoms with E-state index in [1.165, 1.54) is 11.0 Å². The maximum Gasteiger partial charge on any atom is 0.164 e. The van der Waals surface area contributed by atoms with Gasteiger partial charge in [-0.2, -0.15) is 0 Å². The van der Waals surface area contributed by atoms with Crippen molar-refractivity contribution in [1.29, 1.82) is 0 Å². The second-order valence-electron chi connectivity index (χ2n) is 4.34. The molecule has 0 saturated carbocycles. The van der Waals surface area contributed by atoms with E-state index in [1.54, 1.807) is 6.20 Å². The van der Waals surface area contributed by atoms with E-state index in [1.807, 2.05) is 0 Å². The lowest BCUT2D eigenvalue weighted by atomic mass is 10.1. The Balaban J connectivity index is 2.25. The molecule has 0 aromatic rings. The summed E-state index contributed by atoms with van der Waals surface area (Å²) in [5.41, 5.74) is 6.25. The van der Waals surface area contributed by atoms with Crippen LogP contribution in [0.25, 0.3) is 0 Å². The smallest absolute Gasteiger partial charge is 0.164 e. The highest BCUT2D eigenvalue weighted by atomic mass is 16.6. The molecule has 0 spiro atoms. The van der Waals surface area contributed by atoms with E-state index < -0.39 is 31.1 Å². The van der Waals surface area contributed by atoms with Crippen LogP contribution >= 0.6 is 0 Å². The molecule has 7 heteroatoms. The third-order valence-corrected chi connectivity index (χ3v) is 3.13. The van der Waals surface area contributed by atoms with E-state index in [4.69, 9.17) is 15.6 Å². The summed E-state index contributed by atoms with van der Waals surface area (Å²) in [6, 6.07) is 0. The number of aliphatic hydroxyl groups excluding tert-OH is 3. The standard InChI is InChI=1S/C12H17N3O4/c1-3-7-4-15(6(2)14-11(7)13)12-10(18)9(17)8(5-16)19-12/h3-4,8-10,12,16-18H,1-2,5H2,(H2,13,14)/t8-,9+,10?,12-/m1/s1. The van der Waals surface area contributed by atoms with Crippen molar-refractivity contribution in [3.05, 3.63) is 36.8 Å². The number of aliphatic hydroxyl groups is 3. The van der Waals surface area contributed by atoms with Crippen LogP contribution in [0.3, 0.4) is 0 Å². The number of amidine groups is 1. The summed E-state index contributed by atoms with van der Waals surface area (Å²) in [7, 11) is 0. The quantitative estimate of drug-likeness (QED) is 0.502. The molecule has 0 bridgehead atoms. The van der Waals surface area contributed by atoms with E-state index in [0.717, 1.165) is 0 Å². The zero-order chi connectivity index (χ0) is 14.2. The minimum Gasteiger partial charge on any atom is -0.394 e. The summed E-state index contributed by atoms with van der Waals surface area (Å²) < 4.78 is 5.40. The first-order valence-corrected chi connectivity index (χ1v) is 5.78. The molecule has 2 heterocycles. The van der Waals surface area contributed by atoms with Crippen LogP contribution in [0.2, 0.25) is 0 Å². The van der Waals surface area contributed by atoms with Crippen molar-refractivity contribution in [3.8, 4) is 0 Å². The molecule has 0 aliphatic carbocycles. The Morgan fingerprint density at radius 3 is 2.68 bits per heavy atom. The van der Waals surface area contributed by atoms with Gasteiger partial charge in [0.15, 0.2) is 6.23 Å². The summed E-state index contributed by atoms with van der Waals surface area (Å²) >= 11 is 0. The van der Waals surface area contributed by atoms with Crippen LogP contribution in [0.15, 0.2) is 41.8 Å². The van der Waals surface area contributed by atoms with Crippen molar-refractivity contribution in [2.45, 2.75) is 24.5 Å². The Labute approximate surface area is 110 Å². The molecule has 1 unspecified atom stereocenters. The highest BCUT2D eigenvalue weighted by molar-refractivity contribution is 6.00. The van der Waals surface area contributed by atoms with Gasteiger partial charge in [-0.3, -0.25) is 0 Å². The second kappa shape index (κ2) is 5.14. The van der Waals surface area contributed by atoms with Gasteiger partial charge < -0.3 is 30.7 Å². The first kappa shape index (κ1) is 13.8. The molecule has 1 fully saturated rings. The summed E-state index contributed by atoms with van der Waals surface area (Å²) in [6.45, 7) is 6.93. The topological polar surface area (TPSA) is 112 Å². The molecule has 5 N–H and O–H groups in total. The van der Waals surface area contributed by atoms with Gasteiger partial charge in [-0.15, -0.1) is 0 Å². The molecular weight excluding hydrogens is 250 g/mol. The van der Waals surface area contributed by atoms with Crippen molar-refractivity contribution >= 4 is 5.84 Å². The van der Waals surface area contributed by atoms with Crippen molar-refractivity contribution in [2.24, 2.45) is 10.7 Å². The minimum atomic E-state index is -1.19. The van der Waals surface area contributed by atoms with Gasteiger partial charge in [-0.05, 0) is 0 Å². The largest absolute Gasteiger partial charge is 0.394 e. The number of aliphatic imine (C=N–C) groups is 1. The summed E-state index contributed by atoms with van der Waals surface area (Å²) in [4.78, 5) is 5.48. The lowest BCUT2D eigenvalue weighted by Gasteiger charge is -2.31. The zero-order valence-electron chi connectivity index (χ0n) is 10.3. The molecule has 7 nitrogen and oxygen atoms in total. The maximum absolute atomic E-state index is 9.95. The molecule has 4 atom stereocenters. The highest BCUT2D eigenvalue weighted by Crippen LogP contribution is 2.29. The van der Waals surface area contributed by atoms with Gasteiger partial charge in [0.1, 0.15) is 30.0 Å². The summed E-state index contributed by atoms with van der Waals surface area (Å²) in [6.07, 6.45) is -1.00. The number of nitrogens with zero attached hydrogens (tertiary/aromatic N) is 2. The fourth-order valence-corrected chi connectivity index (χ4v) is 2.04. The van der Waals surface area contributed by atoms with Crippen LogP contribution in [0.1, 0.15) is 0 Å². The van der Waals surface area contributed by atoms with Crippen LogP contribution in [0.5, 0.6) is 0 Å². The average Bonchev–Trinajstić information content (AvgIpc) is 2.67. The third-order valence-electron chi connectivity index (χ3n) is 3.13. The van der Waals surface area contributed by atoms with Crippen molar-refractivity contribution in [2.75, 3.05) is 6.61 Å². The van der Waals surface area contributed by atoms with Gasteiger partial charge in [-0.1, -0.05) is 19.2 Å². The fraction of sp³-hybridized carbons (Fsp3) is 0.417. The number of hydrogen-bond acceptors (Lipinski definition) is 7. The Kier molecular flexibility index (Phi) is 3.72. The number of ether oxygens (including phenoxy) is 1. The maximum atomic E-state index is 9.95. The molecule has 1 saturated heterocycles. The SMILES string of the molecule is C=CC1=CN([C@@H]2O[C@H](CO)[C@H](O)C2O)C(=C)N=C1N. The second-order valence-corrected chi connectivity index (χ2v) is 4.34. The Morgan fingerprint density at radius 2 is 2.16 bits per heavy atom.